The van der Waals surface area contributed by atoms with Crippen molar-refractivity contribution >= 4 is 18.4 Å². The Bertz CT molecular complexity index is 136. The van der Waals surface area contributed by atoms with Gasteiger partial charge in [0.1, 0.15) is 0 Å². The third kappa shape index (κ3) is 2670. The van der Waals surface area contributed by atoms with Gasteiger partial charge in [0.15, 0.2) is 0 Å². The van der Waals surface area contributed by atoms with Gasteiger partial charge < -0.3 is 31.5 Å². The van der Waals surface area contributed by atoms with Gasteiger partial charge in [0.25, 0.3) is 0 Å². The molecule has 0 atom stereocenters. The van der Waals surface area contributed by atoms with Crippen molar-refractivity contribution in [3.05, 3.63) is 6.92 Å². The van der Waals surface area contributed by atoms with Crippen LogP contribution in [0, 0.1) is 6.92 Å². The quantitative estimate of drug-likeness (QED) is 0.584. The molecule has 0 saturated carbocycles. The Hall–Kier alpha value is -0.686. The van der Waals surface area contributed by atoms with Gasteiger partial charge in [0, 0.05) is 13.2 Å². The molecule has 0 radical (unpaired) electrons. The van der Waals surface area contributed by atoms with Crippen molar-refractivity contribution in [2.75, 3.05) is 13.2 Å². The van der Waals surface area contributed by atoms with E-state index in [1.54, 1.807) is 0 Å². The molecule has 0 amide bonds. The van der Waals surface area contributed by atoms with Gasteiger partial charge in [0.05, 0.1) is 0 Å². The van der Waals surface area contributed by atoms with Crippen molar-refractivity contribution in [2.24, 2.45) is 0 Å². The number of carbonyl (C=O) groups is 1. The molecule has 0 fully saturated rings. The summed E-state index contributed by atoms with van der Waals surface area (Å²) in [6.07, 6.45) is 4.75. The second-order valence-electron chi connectivity index (χ2n) is 2.56. The van der Waals surface area contributed by atoms with Crippen LogP contribution >= 0.6 is 0 Å². The molecule has 0 aromatic heterocycles. The molecule has 0 aromatic carbocycles. The molecule has 122 valence electrons. The van der Waals surface area contributed by atoms with Crippen LogP contribution in [-0.4, -0.2) is 41.8 Å². The Kier molecular flexibility index (Phi) is 145. The molecule has 0 rings (SSSR count). The van der Waals surface area contributed by atoms with Crippen LogP contribution < -0.4 is 0 Å². The van der Waals surface area contributed by atoms with Crippen LogP contribution in [0.1, 0.15) is 47.5 Å². The van der Waals surface area contributed by atoms with E-state index >= 15 is 0 Å². The summed E-state index contributed by atoms with van der Waals surface area (Å²) < 4.78 is 8.25. The Morgan fingerprint density at radius 2 is 1.05 bits per heavy atom. The average Bonchev–Trinajstić information content (AvgIpc) is 2.42. The zero-order valence-corrected chi connectivity index (χ0v) is 14.6. The molecule has 0 aliphatic heterocycles. The minimum absolute atomic E-state index is 0.0833. The van der Waals surface area contributed by atoms with Gasteiger partial charge in [-0.05, 0) is 25.5 Å². The molecule has 0 heterocycles. The second kappa shape index (κ2) is 79.4. The molecule has 0 aliphatic rings. The van der Waals surface area contributed by atoms with E-state index in [0.29, 0.717) is 13.2 Å². The summed E-state index contributed by atoms with van der Waals surface area (Å²) in [6, 6.07) is 0. The molecule has 0 saturated heterocycles. The number of hydrogen-bond acceptors (Lipinski definition) is 6. The van der Waals surface area contributed by atoms with Crippen molar-refractivity contribution in [3.8, 4) is 0 Å². The molecule has 0 bridgehead atoms. The fourth-order valence-corrected chi connectivity index (χ4v) is 0. The van der Waals surface area contributed by atoms with Crippen LogP contribution in [0.2, 0.25) is 0 Å². The first-order valence-corrected chi connectivity index (χ1v) is 6.35. The van der Waals surface area contributed by atoms with E-state index in [1.807, 2.05) is 13.8 Å². The predicted molar refractivity (Wildman–Crippen MR) is 74.2 cm³/mol. The third-order valence-electron chi connectivity index (χ3n) is 0.447. The molecular formula is C13H27O6Ti-3. The van der Waals surface area contributed by atoms with Gasteiger partial charge in [-0.15, -0.1) is 0 Å². The summed E-state index contributed by atoms with van der Waals surface area (Å²) in [5.74, 6) is -0.0833. The number of ketones is 1. The Morgan fingerprint density at radius 3 is 1.05 bits per heavy atom. The third-order valence-corrected chi connectivity index (χ3v) is 0.447. The van der Waals surface area contributed by atoms with E-state index < -0.39 is 0 Å². The van der Waals surface area contributed by atoms with E-state index in [-0.39, 0.29) is 5.78 Å². The summed E-state index contributed by atoms with van der Waals surface area (Å²) in [4.78, 5) is 26.7. The Balaban J connectivity index is -0.0000000299. The molecule has 0 aliphatic carbocycles. The summed E-state index contributed by atoms with van der Waals surface area (Å²) >= 11 is 0.750. The van der Waals surface area contributed by atoms with E-state index in [1.165, 1.54) is 33.3 Å². The first-order chi connectivity index (χ1) is 9.39. The maximum absolute atomic E-state index is 9.33. The SMILES string of the molecule is CCCO.CCCO.C[C-]=O.C[C-]=O.[CH2-]C(C)=O.[O]=[Ti]. The predicted octanol–water partition coefficient (Wildman–Crippen LogP) is 1.30. The fraction of sp³-hybridized carbons (Fsp3) is 0.692. The van der Waals surface area contributed by atoms with Gasteiger partial charge in [-0.3, -0.25) is 12.6 Å². The van der Waals surface area contributed by atoms with Gasteiger partial charge >= 0.3 is 23.7 Å². The van der Waals surface area contributed by atoms with Crippen molar-refractivity contribution in [3.63, 3.8) is 0 Å². The topological polar surface area (TPSA) is 109 Å². The summed E-state index contributed by atoms with van der Waals surface area (Å²) in [5.41, 5.74) is 0. The maximum atomic E-state index is 9.33. The van der Waals surface area contributed by atoms with Crippen molar-refractivity contribution < 1.29 is 48.3 Å². The van der Waals surface area contributed by atoms with Crippen LogP contribution in [0.4, 0.5) is 0 Å². The monoisotopic (exact) mass is 327 g/mol. The average molecular weight is 327 g/mol. The van der Waals surface area contributed by atoms with E-state index in [4.69, 9.17) is 23.1 Å². The van der Waals surface area contributed by atoms with Gasteiger partial charge in [-0.25, -0.2) is 0 Å². The van der Waals surface area contributed by atoms with Crippen LogP contribution in [0.15, 0.2) is 0 Å². The van der Waals surface area contributed by atoms with Crippen molar-refractivity contribution in [2.45, 2.75) is 47.5 Å². The Labute approximate surface area is 134 Å². The summed E-state index contributed by atoms with van der Waals surface area (Å²) in [5, 5.41) is 15.8. The van der Waals surface area contributed by atoms with Crippen LogP contribution in [0.3, 0.4) is 0 Å². The molecule has 20 heavy (non-hydrogen) atoms. The van der Waals surface area contributed by atoms with Crippen LogP contribution in [0.5, 0.6) is 0 Å². The zero-order valence-electron chi connectivity index (χ0n) is 13.1. The molecule has 0 aromatic rings. The van der Waals surface area contributed by atoms with E-state index in [2.05, 4.69) is 6.92 Å². The summed E-state index contributed by atoms with van der Waals surface area (Å²) in [7, 11) is 0. The number of carbonyl (C=O) groups excluding carboxylic acids is 3. The Morgan fingerprint density at radius 1 is 1.00 bits per heavy atom. The van der Waals surface area contributed by atoms with E-state index in [0.717, 1.165) is 33.2 Å². The minimum atomic E-state index is -0.0833. The normalized spacial score (nSPS) is 5.70. The van der Waals surface area contributed by atoms with Crippen LogP contribution in [-0.2, 0) is 38.1 Å². The van der Waals surface area contributed by atoms with E-state index in [9.17, 15) is 4.79 Å². The first kappa shape index (κ1) is 36.5. The number of hydrogen-bond donors (Lipinski definition) is 2. The molecule has 2 N–H and O–H groups in total. The standard InChI is InChI=1S/C3H5O.2C3H8O.2C2H3O.O.Ti/c1-3(2)4;2*1-2-3-4;2*1-2-3;;/h1H2,2H3;2*4H,2-3H2,1H3;2*1H3;;/q-1;;;2*-1;;. The number of aliphatic hydroxyl groups is 2. The number of aliphatic hydroxyl groups excluding tert-OH is 2. The second-order valence-corrected chi connectivity index (χ2v) is 2.56. The van der Waals surface area contributed by atoms with Crippen LogP contribution in [0.25, 0.3) is 0 Å². The van der Waals surface area contributed by atoms with Crippen molar-refractivity contribution in [1.82, 2.24) is 0 Å². The van der Waals surface area contributed by atoms with Gasteiger partial charge in [-0.1, -0.05) is 13.8 Å². The summed E-state index contributed by atoms with van der Waals surface area (Å²) in [6.45, 7) is 11.6. The molecular weight excluding hydrogens is 300 g/mol. The number of rotatable bonds is 2. The molecule has 6 nitrogen and oxygen atoms in total. The fourth-order valence-electron chi connectivity index (χ4n) is 0. The molecule has 0 unspecified atom stereocenters. The van der Waals surface area contributed by atoms with Gasteiger partial charge in [-0.2, -0.15) is 13.8 Å². The number of Topliss-reactive ketones (excluding diaryl/α,β-unsaturated/α-hetero) is 1. The zero-order chi connectivity index (χ0) is 17.8. The van der Waals surface area contributed by atoms with Crippen molar-refractivity contribution in [1.29, 1.82) is 0 Å². The molecule has 7 heteroatoms. The first-order valence-electron chi connectivity index (χ1n) is 5.72. The molecule has 0 spiro atoms. The van der Waals surface area contributed by atoms with Gasteiger partial charge in [0.2, 0.25) is 0 Å².